The van der Waals surface area contributed by atoms with Crippen LogP contribution in [-0.2, 0) is 14.9 Å². The number of benzene rings is 1. The number of hydrogen-bond acceptors (Lipinski definition) is 4. The van der Waals surface area contributed by atoms with Gasteiger partial charge in [0, 0.05) is 31.1 Å². The molecule has 2 N–H and O–H groups in total. The van der Waals surface area contributed by atoms with Gasteiger partial charge in [0.2, 0.25) is 5.91 Å². The molecule has 0 bridgehead atoms. The third kappa shape index (κ3) is 5.96. The van der Waals surface area contributed by atoms with Gasteiger partial charge < -0.3 is 15.4 Å². The van der Waals surface area contributed by atoms with Crippen LogP contribution in [0.3, 0.4) is 0 Å². The second-order valence-electron chi connectivity index (χ2n) is 9.12. The predicted molar refractivity (Wildman–Crippen MR) is 109 cm³/mol. The predicted octanol–water partition coefficient (Wildman–Crippen LogP) is 2.82. The summed E-state index contributed by atoms with van der Waals surface area (Å²) in [5.41, 5.74) is 0.979. The molecule has 28 heavy (non-hydrogen) atoms. The maximum Gasteiger partial charge on any atom is 0.407 e. The molecule has 0 unspecified atom stereocenters. The Morgan fingerprint density at radius 1 is 1.14 bits per heavy atom. The van der Waals surface area contributed by atoms with Crippen LogP contribution in [-0.4, -0.2) is 54.7 Å². The van der Waals surface area contributed by atoms with Crippen molar-refractivity contribution < 1.29 is 14.3 Å². The highest BCUT2D eigenvalue weighted by Gasteiger charge is 2.44. The SMILES string of the molecule is CC(C)(C)OC(=O)NC1CCN(CC(=O)NCC2(c3ccccc3)CC2)CC1. The van der Waals surface area contributed by atoms with Gasteiger partial charge in [-0.05, 0) is 52.0 Å². The van der Waals surface area contributed by atoms with Crippen molar-refractivity contribution in [3.05, 3.63) is 35.9 Å². The maximum atomic E-state index is 12.4. The third-order valence-electron chi connectivity index (χ3n) is 5.54. The molecule has 1 heterocycles. The van der Waals surface area contributed by atoms with Gasteiger partial charge in [0.25, 0.3) is 0 Å². The standard InChI is InChI=1S/C22H33N3O3/c1-21(2,3)28-20(27)24-18-9-13-25(14-10-18)15-19(26)23-16-22(11-12-22)17-7-5-4-6-8-17/h4-8,18H,9-16H2,1-3H3,(H,23,26)(H,24,27). The first-order chi connectivity index (χ1) is 13.3. The molecule has 6 nitrogen and oxygen atoms in total. The van der Waals surface area contributed by atoms with Crippen LogP contribution in [0.4, 0.5) is 4.79 Å². The van der Waals surface area contributed by atoms with E-state index in [4.69, 9.17) is 4.74 Å². The Labute approximate surface area is 168 Å². The van der Waals surface area contributed by atoms with Gasteiger partial charge in [-0.15, -0.1) is 0 Å². The fourth-order valence-corrected chi connectivity index (χ4v) is 3.75. The lowest BCUT2D eigenvalue weighted by atomic mass is 9.96. The summed E-state index contributed by atoms with van der Waals surface area (Å²) in [4.78, 5) is 26.4. The number of ether oxygens (including phenoxy) is 1. The van der Waals surface area contributed by atoms with Crippen molar-refractivity contribution in [3.63, 3.8) is 0 Å². The van der Waals surface area contributed by atoms with Crippen LogP contribution in [0, 0.1) is 0 Å². The maximum absolute atomic E-state index is 12.4. The number of amides is 2. The highest BCUT2D eigenvalue weighted by molar-refractivity contribution is 5.78. The first-order valence-electron chi connectivity index (χ1n) is 10.3. The summed E-state index contributed by atoms with van der Waals surface area (Å²) < 4.78 is 5.31. The van der Waals surface area contributed by atoms with E-state index in [9.17, 15) is 9.59 Å². The van der Waals surface area contributed by atoms with E-state index >= 15 is 0 Å². The van der Waals surface area contributed by atoms with E-state index in [-0.39, 0.29) is 23.5 Å². The van der Waals surface area contributed by atoms with Crippen LogP contribution in [0.1, 0.15) is 52.0 Å². The molecule has 6 heteroatoms. The molecule has 2 amide bonds. The average molecular weight is 388 g/mol. The van der Waals surface area contributed by atoms with Crippen LogP contribution in [0.5, 0.6) is 0 Å². The summed E-state index contributed by atoms with van der Waals surface area (Å²) in [5, 5.41) is 6.06. The molecule has 0 atom stereocenters. The minimum atomic E-state index is -0.485. The Morgan fingerprint density at radius 2 is 1.79 bits per heavy atom. The lowest BCUT2D eigenvalue weighted by Crippen LogP contribution is -2.48. The van der Waals surface area contributed by atoms with Gasteiger partial charge in [0.05, 0.1) is 6.54 Å². The first kappa shape index (κ1) is 20.6. The zero-order valence-electron chi connectivity index (χ0n) is 17.3. The van der Waals surface area contributed by atoms with Crippen molar-refractivity contribution in [2.45, 2.75) is 63.5 Å². The Morgan fingerprint density at radius 3 is 2.36 bits per heavy atom. The molecule has 0 aromatic heterocycles. The average Bonchev–Trinajstić information content (AvgIpc) is 3.42. The molecule has 2 fully saturated rings. The van der Waals surface area contributed by atoms with E-state index in [1.165, 1.54) is 5.56 Å². The third-order valence-corrected chi connectivity index (χ3v) is 5.54. The second kappa shape index (κ2) is 8.52. The van der Waals surface area contributed by atoms with Crippen LogP contribution in [0.2, 0.25) is 0 Å². The monoisotopic (exact) mass is 387 g/mol. The molecule has 0 spiro atoms. The number of nitrogens with one attached hydrogen (secondary N) is 2. The molecule has 1 saturated carbocycles. The molecular formula is C22H33N3O3. The van der Waals surface area contributed by atoms with Crippen molar-refractivity contribution >= 4 is 12.0 Å². The normalized spacial score (nSPS) is 19.7. The van der Waals surface area contributed by atoms with E-state index in [1.54, 1.807) is 0 Å². The molecule has 154 valence electrons. The van der Waals surface area contributed by atoms with Crippen molar-refractivity contribution in [2.24, 2.45) is 0 Å². The highest BCUT2D eigenvalue weighted by Crippen LogP contribution is 2.47. The van der Waals surface area contributed by atoms with Crippen LogP contribution < -0.4 is 10.6 Å². The fraction of sp³-hybridized carbons (Fsp3) is 0.636. The minimum absolute atomic E-state index is 0.0840. The second-order valence-corrected chi connectivity index (χ2v) is 9.12. The summed E-state index contributed by atoms with van der Waals surface area (Å²) in [6.07, 6.45) is 3.58. The van der Waals surface area contributed by atoms with Gasteiger partial charge in [-0.2, -0.15) is 0 Å². The first-order valence-corrected chi connectivity index (χ1v) is 10.3. The van der Waals surface area contributed by atoms with Gasteiger partial charge in [0.15, 0.2) is 0 Å². The van der Waals surface area contributed by atoms with Crippen molar-refractivity contribution in [1.82, 2.24) is 15.5 Å². The van der Waals surface area contributed by atoms with Crippen molar-refractivity contribution in [2.75, 3.05) is 26.2 Å². The molecular weight excluding hydrogens is 354 g/mol. The van der Waals surface area contributed by atoms with Crippen LogP contribution in [0.15, 0.2) is 30.3 Å². The van der Waals surface area contributed by atoms with Gasteiger partial charge in [-0.25, -0.2) is 4.79 Å². The molecule has 1 aromatic rings. The lowest BCUT2D eigenvalue weighted by Gasteiger charge is -2.32. The molecule has 3 rings (SSSR count). The Bertz CT molecular complexity index is 672. The number of carbonyl (C=O) groups is 2. The smallest absolute Gasteiger partial charge is 0.407 e. The van der Waals surface area contributed by atoms with E-state index in [1.807, 2.05) is 26.8 Å². The fourth-order valence-electron chi connectivity index (χ4n) is 3.75. The zero-order chi connectivity index (χ0) is 20.2. The number of rotatable bonds is 6. The van der Waals surface area contributed by atoms with E-state index in [0.717, 1.165) is 38.8 Å². The van der Waals surface area contributed by atoms with Gasteiger partial charge >= 0.3 is 6.09 Å². The minimum Gasteiger partial charge on any atom is -0.444 e. The highest BCUT2D eigenvalue weighted by atomic mass is 16.6. The summed E-state index contributed by atoms with van der Waals surface area (Å²) in [5.74, 6) is 0.0840. The van der Waals surface area contributed by atoms with Crippen LogP contribution in [0.25, 0.3) is 0 Å². The summed E-state index contributed by atoms with van der Waals surface area (Å²) >= 11 is 0. The molecule has 1 aromatic carbocycles. The molecule has 1 aliphatic carbocycles. The summed E-state index contributed by atoms with van der Waals surface area (Å²) in [7, 11) is 0. The number of carbonyl (C=O) groups excluding carboxylic acids is 2. The number of likely N-dealkylation sites (tertiary alicyclic amines) is 1. The number of piperidine rings is 1. The Kier molecular flexibility index (Phi) is 6.28. The van der Waals surface area contributed by atoms with Crippen molar-refractivity contribution in [3.8, 4) is 0 Å². The molecule has 1 saturated heterocycles. The molecule has 0 radical (unpaired) electrons. The zero-order valence-corrected chi connectivity index (χ0v) is 17.3. The Hall–Kier alpha value is -2.08. The molecule has 2 aliphatic rings. The number of hydrogen-bond donors (Lipinski definition) is 2. The summed E-state index contributed by atoms with van der Waals surface area (Å²) in [6, 6.07) is 10.6. The van der Waals surface area contributed by atoms with Gasteiger partial charge in [0.1, 0.15) is 5.60 Å². The number of nitrogens with zero attached hydrogens (tertiary/aromatic N) is 1. The number of alkyl carbamates (subject to hydrolysis) is 1. The molecule has 1 aliphatic heterocycles. The van der Waals surface area contributed by atoms with Gasteiger partial charge in [-0.3, -0.25) is 9.69 Å². The van der Waals surface area contributed by atoms with Gasteiger partial charge in [-0.1, -0.05) is 30.3 Å². The summed E-state index contributed by atoms with van der Waals surface area (Å²) in [6.45, 7) is 8.32. The largest absolute Gasteiger partial charge is 0.444 e. The topological polar surface area (TPSA) is 70.7 Å². The van der Waals surface area contributed by atoms with E-state index in [0.29, 0.717) is 13.1 Å². The quantitative estimate of drug-likeness (QED) is 0.787. The Balaban J connectivity index is 1.36. The van der Waals surface area contributed by atoms with E-state index < -0.39 is 5.60 Å². The lowest BCUT2D eigenvalue weighted by molar-refractivity contribution is -0.122. The van der Waals surface area contributed by atoms with E-state index in [2.05, 4.69) is 39.8 Å². The van der Waals surface area contributed by atoms with Crippen molar-refractivity contribution in [1.29, 1.82) is 0 Å². The van der Waals surface area contributed by atoms with Crippen LogP contribution >= 0.6 is 0 Å².